The predicted octanol–water partition coefficient (Wildman–Crippen LogP) is 7.50. The molecular formula is C20H16S4. The third-order valence-corrected chi connectivity index (χ3v) is 9.03. The molecule has 6 rings (SSSR count). The number of hydrogen-bond donors (Lipinski definition) is 0. The zero-order valence-electron chi connectivity index (χ0n) is 13.5. The fraction of sp³-hybridized carbons (Fsp3) is 0.200. The van der Waals surface area contributed by atoms with Crippen LogP contribution >= 0.6 is 45.3 Å². The highest BCUT2D eigenvalue weighted by molar-refractivity contribution is 7.21. The Bertz CT molecular complexity index is 941. The van der Waals surface area contributed by atoms with E-state index in [-0.39, 0.29) is 5.41 Å². The van der Waals surface area contributed by atoms with Gasteiger partial charge in [-0.25, -0.2) is 0 Å². The van der Waals surface area contributed by atoms with E-state index in [0.717, 1.165) is 6.42 Å². The quantitative estimate of drug-likeness (QED) is 0.259. The van der Waals surface area contributed by atoms with Crippen LogP contribution in [0.15, 0.2) is 45.8 Å². The molecule has 120 valence electrons. The Balaban J connectivity index is 0.000000110. The van der Waals surface area contributed by atoms with Gasteiger partial charge in [-0.15, -0.1) is 45.3 Å². The van der Waals surface area contributed by atoms with Crippen LogP contribution in [0.1, 0.15) is 36.1 Å². The molecule has 0 unspecified atom stereocenters. The van der Waals surface area contributed by atoms with E-state index < -0.39 is 0 Å². The van der Waals surface area contributed by atoms with Gasteiger partial charge in [-0.1, -0.05) is 13.8 Å². The van der Waals surface area contributed by atoms with Crippen molar-refractivity contribution in [2.75, 3.05) is 0 Å². The molecule has 0 saturated heterocycles. The number of thiophene rings is 4. The zero-order chi connectivity index (χ0) is 16.3. The Hall–Kier alpha value is -1.20. The summed E-state index contributed by atoms with van der Waals surface area (Å²) in [6.45, 7) is 4.63. The highest BCUT2D eigenvalue weighted by Crippen LogP contribution is 2.53. The van der Waals surface area contributed by atoms with Crippen molar-refractivity contribution in [3.05, 3.63) is 68.0 Å². The maximum atomic E-state index is 2.32. The van der Waals surface area contributed by atoms with Gasteiger partial charge < -0.3 is 0 Å². The van der Waals surface area contributed by atoms with Crippen LogP contribution in [0.3, 0.4) is 0 Å². The highest BCUT2D eigenvalue weighted by atomic mass is 32.1. The summed E-state index contributed by atoms with van der Waals surface area (Å²) >= 11 is 7.48. The van der Waals surface area contributed by atoms with Gasteiger partial charge >= 0.3 is 0 Å². The Morgan fingerprint density at radius 2 is 1.04 bits per heavy atom. The van der Waals surface area contributed by atoms with Crippen molar-refractivity contribution in [2.45, 2.75) is 25.7 Å². The summed E-state index contributed by atoms with van der Waals surface area (Å²) in [5.74, 6) is 0. The first-order valence-electron chi connectivity index (χ1n) is 7.95. The van der Waals surface area contributed by atoms with Crippen molar-refractivity contribution in [1.29, 1.82) is 0 Å². The van der Waals surface area contributed by atoms with E-state index in [4.69, 9.17) is 0 Å². The lowest BCUT2D eigenvalue weighted by atomic mass is 9.84. The van der Waals surface area contributed by atoms with Gasteiger partial charge in [0.25, 0.3) is 0 Å². The minimum atomic E-state index is 0.241. The molecule has 4 heterocycles. The number of fused-ring (bicyclic) bond motifs is 6. The van der Waals surface area contributed by atoms with E-state index in [1.165, 1.54) is 41.8 Å². The van der Waals surface area contributed by atoms with Gasteiger partial charge in [0.05, 0.1) is 0 Å². The molecular weight excluding hydrogens is 368 g/mol. The summed E-state index contributed by atoms with van der Waals surface area (Å²) < 4.78 is 0. The van der Waals surface area contributed by atoms with Gasteiger partial charge in [0, 0.05) is 31.3 Å². The second-order valence-corrected chi connectivity index (χ2v) is 10.3. The lowest BCUT2D eigenvalue weighted by Gasteiger charge is -2.18. The van der Waals surface area contributed by atoms with Crippen molar-refractivity contribution in [3.8, 4) is 19.5 Å². The third kappa shape index (κ3) is 2.07. The predicted molar refractivity (Wildman–Crippen MR) is 110 cm³/mol. The minimum Gasteiger partial charge on any atom is -0.143 e. The lowest BCUT2D eigenvalue weighted by molar-refractivity contribution is 0.663. The van der Waals surface area contributed by atoms with Crippen molar-refractivity contribution >= 4 is 45.3 Å². The van der Waals surface area contributed by atoms with Gasteiger partial charge in [0.1, 0.15) is 0 Å². The standard InChI is InChI=1S/C11H10S2.C9H6S2/c1-11(2)7-3-5-12-9(7)10-8(11)4-6-13-10;1-3-10-8-6(1)5-7-2-4-11-9(7)8/h3-6H,1-2H3;1-4H,5H2. The molecule has 4 aromatic heterocycles. The summed E-state index contributed by atoms with van der Waals surface area (Å²) in [5, 5.41) is 8.78. The molecule has 0 fully saturated rings. The molecule has 0 atom stereocenters. The molecule has 0 aliphatic heterocycles. The van der Waals surface area contributed by atoms with Crippen LogP contribution in [-0.2, 0) is 11.8 Å². The summed E-state index contributed by atoms with van der Waals surface area (Å²) in [5.41, 5.74) is 6.32. The first kappa shape index (κ1) is 15.1. The fourth-order valence-electron chi connectivity index (χ4n) is 3.65. The normalized spacial score (nSPS) is 15.2. The summed E-state index contributed by atoms with van der Waals surface area (Å²) in [6.07, 6.45) is 1.16. The molecule has 0 N–H and O–H groups in total. The van der Waals surface area contributed by atoms with Gasteiger partial charge in [-0.05, 0) is 68.0 Å². The molecule has 4 heteroatoms. The third-order valence-electron chi connectivity index (χ3n) is 4.96. The average Bonchev–Trinajstić information content (AvgIpc) is 3.30. The molecule has 0 amide bonds. The summed E-state index contributed by atoms with van der Waals surface area (Å²) in [4.78, 5) is 6.01. The molecule has 2 aliphatic carbocycles. The number of rotatable bonds is 0. The highest BCUT2D eigenvalue weighted by Gasteiger charge is 2.37. The molecule has 0 saturated carbocycles. The molecule has 0 spiro atoms. The minimum absolute atomic E-state index is 0.241. The smallest absolute Gasteiger partial charge is 0.0486 e. The average molecular weight is 385 g/mol. The summed E-state index contributed by atoms with van der Waals surface area (Å²) in [6, 6.07) is 9.03. The maximum absolute atomic E-state index is 2.32. The number of hydrogen-bond acceptors (Lipinski definition) is 4. The Labute approximate surface area is 158 Å². The zero-order valence-corrected chi connectivity index (χ0v) is 16.7. The maximum Gasteiger partial charge on any atom is 0.0486 e. The second kappa shape index (κ2) is 5.40. The SMILES string of the molecule is CC1(C)c2ccsc2-c2sccc21.c1cc2c(s1)-c1sccc1C2. The molecule has 4 aromatic rings. The molecule has 0 radical (unpaired) electrons. The van der Waals surface area contributed by atoms with Crippen LogP contribution in [0.4, 0.5) is 0 Å². The van der Waals surface area contributed by atoms with Crippen LogP contribution in [0, 0.1) is 0 Å². The van der Waals surface area contributed by atoms with Crippen molar-refractivity contribution in [1.82, 2.24) is 0 Å². The molecule has 0 nitrogen and oxygen atoms in total. The van der Waals surface area contributed by atoms with E-state index >= 15 is 0 Å². The van der Waals surface area contributed by atoms with Crippen molar-refractivity contribution < 1.29 is 0 Å². The lowest BCUT2D eigenvalue weighted by Crippen LogP contribution is -2.13. The van der Waals surface area contributed by atoms with Crippen molar-refractivity contribution in [3.63, 3.8) is 0 Å². The molecule has 0 bridgehead atoms. The van der Waals surface area contributed by atoms with E-state index in [1.54, 1.807) is 0 Å². The van der Waals surface area contributed by atoms with Gasteiger partial charge in [-0.2, -0.15) is 0 Å². The van der Waals surface area contributed by atoms with Crippen molar-refractivity contribution in [2.24, 2.45) is 0 Å². The molecule has 0 aromatic carbocycles. The van der Waals surface area contributed by atoms with E-state index in [1.807, 2.05) is 45.3 Å². The van der Waals surface area contributed by atoms with Crippen LogP contribution in [0.25, 0.3) is 19.5 Å². The van der Waals surface area contributed by atoms with Crippen LogP contribution in [0.2, 0.25) is 0 Å². The van der Waals surface area contributed by atoms with Gasteiger partial charge in [0.2, 0.25) is 0 Å². The monoisotopic (exact) mass is 384 g/mol. The Kier molecular flexibility index (Phi) is 3.39. The van der Waals surface area contributed by atoms with Crippen LogP contribution < -0.4 is 0 Å². The first-order chi connectivity index (χ1) is 11.7. The second-order valence-electron chi connectivity index (χ2n) is 6.68. The van der Waals surface area contributed by atoms with Gasteiger partial charge in [0.15, 0.2) is 0 Å². The van der Waals surface area contributed by atoms with E-state index in [9.17, 15) is 0 Å². The summed E-state index contributed by atoms with van der Waals surface area (Å²) in [7, 11) is 0. The first-order valence-corrected chi connectivity index (χ1v) is 11.5. The van der Waals surface area contributed by atoms with Crippen LogP contribution in [0.5, 0.6) is 0 Å². The topological polar surface area (TPSA) is 0 Å². The molecule has 24 heavy (non-hydrogen) atoms. The van der Waals surface area contributed by atoms with Gasteiger partial charge in [-0.3, -0.25) is 0 Å². The largest absolute Gasteiger partial charge is 0.143 e. The van der Waals surface area contributed by atoms with Crippen LogP contribution in [-0.4, -0.2) is 0 Å². The van der Waals surface area contributed by atoms with E-state index in [0.29, 0.717) is 0 Å². The Morgan fingerprint density at radius 1 is 0.625 bits per heavy atom. The molecule has 2 aliphatic rings. The fourth-order valence-corrected chi connectivity index (χ4v) is 8.04. The van der Waals surface area contributed by atoms with E-state index in [2.05, 4.69) is 59.6 Å². The Morgan fingerprint density at radius 3 is 1.54 bits per heavy atom.